The smallest absolute Gasteiger partial charge is 0.309 e. The van der Waals surface area contributed by atoms with Gasteiger partial charge in [0.2, 0.25) is 4.96 Å². The fourth-order valence-electron chi connectivity index (χ4n) is 3.09. The summed E-state index contributed by atoms with van der Waals surface area (Å²) in [4.78, 5) is 29.6. The summed E-state index contributed by atoms with van der Waals surface area (Å²) in [6, 6.07) is 16.6. The molecule has 31 heavy (non-hydrogen) atoms. The van der Waals surface area contributed by atoms with Crippen LogP contribution in [0.5, 0.6) is 0 Å². The number of nitrogens with one attached hydrogen (secondary N) is 2. The number of amides is 2. The maximum Gasteiger partial charge on any atom is 0.309 e. The topological polar surface area (TPSA) is 88.4 Å². The zero-order chi connectivity index (χ0) is 21.8. The van der Waals surface area contributed by atoms with Crippen LogP contribution in [0.3, 0.4) is 0 Å². The van der Waals surface area contributed by atoms with Crippen LogP contribution in [0.4, 0.5) is 0 Å². The second-order valence-corrected chi connectivity index (χ2v) is 8.25. The second-order valence-electron chi connectivity index (χ2n) is 6.98. The Labute approximate surface area is 188 Å². The third-order valence-corrected chi connectivity index (χ3v) is 5.89. The Bertz CT molecular complexity index is 1200. The molecule has 0 bridgehead atoms. The Morgan fingerprint density at radius 1 is 1.10 bits per heavy atom. The lowest BCUT2D eigenvalue weighted by molar-refractivity contribution is -0.139. The molecule has 0 fully saturated rings. The van der Waals surface area contributed by atoms with E-state index < -0.39 is 11.8 Å². The van der Waals surface area contributed by atoms with Crippen LogP contribution in [-0.4, -0.2) is 33.0 Å². The van der Waals surface area contributed by atoms with Crippen LogP contribution in [0.1, 0.15) is 24.2 Å². The number of hydrogen-bond acceptors (Lipinski definition) is 5. The van der Waals surface area contributed by atoms with E-state index in [1.54, 1.807) is 16.6 Å². The van der Waals surface area contributed by atoms with Crippen LogP contribution in [0.2, 0.25) is 5.02 Å². The van der Waals surface area contributed by atoms with Gasteiger partial charge in [-0.2, -0.15) is 4.98 Å². The zero-order valence-electron chi connectivity index (χ0n) is 16.7. The summed E-state index contributed by atoms with van der Waals surface area (Å²) >= 11 is 7.41. The van der Waals surface area contributed by atoms with Crippen molar-refractivity contribution < 1.29 is 9.59 Å². The van der Waals surface area contributed by atoms with Crippen LogP contribution in [0, 0.1) is 0 Å². The Morgan fingerprint density at radius 3 is 2.58 bits per heavy atom. The summed E-state index contributed by atoms with van der Waals surface area (Å²) in [7, 11) is 0. The van der Waals surface area contributed by atoms with Gasteiger partial charge in [0, 0.05) is 28.9 Å². The average molecular weight is 454 g/mol. The molecule has 2 amide bonds. The summed E-state index contributed by atoms with van der Waals surface area (Å²) in [5.41, 5.74) is 2.72. The standard InChI is InChI=1S/C22H20ClN5O2S/c1-14(15-5-3-2-4-6-15)25-21(30)20(29)24-12-11-18-13-31-22-26-19(27-28(18)22)16-7-9-17(23)10-8-16/h2-10,13-14H,11-12H2,1H3,(H,24,29)(H,25,30)/t14-/m0/s1. The normalized spacial score (nSPS) is 11.9. The van der Waals surface area contributed by atoms with Crippen LogP contribution in [-0.2, 0) is 16.0 Å². The van der Waals surface area contributed by atoms with Gasteiger partial charge in [-0.25, -0.2) is 4.52 Å². The van der Waals surface area contributed by atoms with Gasteiger partial charge >= 0.3 is 11.8 Å². The maximum atomic E-state index is 12.2. The summed E-state index contributed by atoms with van der Waals surface area (Å²) in [6.07, 6.45) is 0.524. The molecule has 0 spiro atoms. The SMILES string of the molecule is C[C@H](NC(=O)C(=O)NCCc1csc2nc(-c3ccc(Cl)cc3)nn12)c1ccccc1. The number of thiazole rings is 1. The fourth-order valence-corrected chi connectivity index (χ4v) is 4.07. The minimum Gasteiger partial charge on any atom is -0.347 e. The van der Waals surface area contributed by atoms with Crippen LogP contribution >= 0.6 is 22.9 Å². The molecule has 1 atom stereocenters. The maximum absolute atomic E-state index is 12.2. The summed E-state index contributed by atoms with van der Waals surface area (Å²) in [6.45, 7) is 2.15. The highest BCUT2D eigenvalue weighted by atomic mass is 35.5. The third kappa shape index (κ3) is 4.92. The van der Waals surface area contributed by atoms with E-state index in [1.165, 1.54) is 11.3 Å². The number of rotatable bonds is 6. The molecule has 2 aromatic carbocycles. The predicted molar refractivity (Wildman–Crippen MR) is 121 cm³/mol. The average Bonchev–Trinajstić information content (AvgIpc) is 3.36. The lowest BCUT2D eigenvalue weighted by atomic mass is 10.1. The monoisotopic (exact) mass is 453 g/mol. The Hall–Kier alpha value is -3.23. The third-order valence-electron chi connectivity index (χ3n) is 4.77. The number of hydrogen-bond donors (Lipinski definition) is 2. The summed E-state index contributed by atoms with van der Waals surface area (Å²) in [5.74, 6) is -0.699. The minimum atomic E-state index is -0.658. The molecule has 0 radical (unpaired) electrons. The molecular formula is C22H20ClN5O2S. The van der Waals surface area contributed by atoms with Gasteiger partial charge in [-0.15, -0.1) is 16.4 Å². The first-order valence-electron chi connectivity index (χ1n) is 9.74. The first kappa shape index (κ1) is 21.0. The number of aromatic nitrogens is 3. The molecule has 7 nitrogen and oxygen atoms in total. The summed E-state index contributed by atoms with van der Waals surface area (Å²) in [5, 5.41) is 12.5. The van der Waals surface area contributed by atoms with Crippen molar-refractivity contribution in [1.29, 1.82) is 0 Å². The fraction of sp³-hybridized carbons (Fsp3) is 0.182. The van der Waals surface area contributed by atoms with Crippen molar-refractivity contribution in [3.63, 3.8) is 0 Å². The lowest BCUT2D eigenvalue weighted by Gasteiger charge is -2.13. The van der Waals surface area contributed by atoms with Crippen molar-refractivity contribution in [3.05, 3.63) is 76.3 Å². The minimum absolute atomic E-state index is 0.252. The van der Waals surface area contributed by atoms with E-state index in [1.807, 2.05) is 54.8 Å². The van der Waals surface area contributed by atoms with Crippen molar-refractivity contribution in [3.8, 4) is 11.4 Å². The predicted octanol–water partition coefficient (Wildman–Crippen LogP) is 3.65. The highest BCUT2D eigenvalue weighted by Gasteiger charge is 2.17. The number of carbonyl (C=O) groups is 2. The Balaban J connectivity index is 1.33. The van der Waals surface area contributed by atoms with Crippen molar-refractivity contribution in [2.45, 2.75) is 19.4 Å². The number of halogens is 1. The van der Waals surface area contributed by atoms with Gasteiger partial charge < -0.3 is 10.6 Å². The van der Waals surface area contributed by atoms with Gasteiger partial charge in [-0.3, -0.25) is 9.59 Å². The van der Waals surface area contributed by atoms with Gasteiger partial charge in [0.15, 0.2) is 5.82 Å². The van der Waals surface area contributed by atoms with E-state index in [2.05, 4.69) is 20.7 Å². The molecule has 2 N–H and O–H groups in total. The molecule has 4 aromatic rings. The van der Waals surface area contributed by atoms with Crippen molar-refractivity contribution >= 4 is 39.7 Å². The summed E-state index contributed by atoms with van der Waals surface area (Å²) < 4.78 is 1.76. The van der Waals surface area contributed by atoms with E-state index in [0.29, 0.717) is 23.8 Å². The largest absolute Gasteiger partial charge is 0.347 e. The first-order valence-corrected chi connectivity index (χ1v) is 11.0. The molecule has 0 aliphatic rings. The molecule has 4 rings (SSSR count). The van der Waals surface area contributed by atoms with Crippen molar-refractivity contribution in [1.82, 2.24) is 25.2 Å². The molecule has 158 valence electrons. The molecular weight excluding hydrogens is 434 g/mol. The molecule has 2 heterocycles. The van der Waals surface area contributed by atoms with Crippen LogP contribution in [0.25, 0.3) is 16.3 Å². The van der Waals surface area contributed by atoms with Gasteiger partial charge in [0.25, 0.3) is 0 Å². The molecule has 0 aliphatic heterocycles. The number of nitrogens with zero attached hydrogens (tertiary/aromatic N) is 3. The zero-order valence-corrected chi connectivity index (χ0v) is 18.3. The van der Waals surface area contributed by atoms with E-state index in [-0.39, 0.29) is 6.04 Å². The van der Waals surface area contributed by atoms with Gasteiger partial charge in [0.1, 0.15) is 0 Å². The van der Waals surface area contributed by atoms with Gasteiger partial charge in [0.05, 0.1) is 11.7 Å². The molecule has 2 aromatic heterocycles. The van der Waals surface area contributed by atoms with Gasteiger partial charge in [-0.05, 0) is 36.8 Å². The van der Waals surface area contributed by atoms with E-state index in [0.717, 1.165) is 21.8 Å². The first-order chi connectivity index (χ1) is 15.0. The van der Waals surface area contributed by atoms with E-state index in [4.69, 9.17) is 11.6 Å². The van der Waals surface area contributed by atoms with Gasteiger partial charge in [-0.1, -0.05) is 41.9 Å². The number of benzene rings is 2. The molecule has 0 saturated carbocycles. The molecule has 0 aliphatic carbocycles. The quantitative estimate of drug-likeness (QED) is 0.436. The number of carbonyl (C=O) groups excluding carboxylic acids is 2. The Kier molecular flexibility index (Phi) is 6.29. The van der Waals surface area contributed by atoms with Crippen LogP contribution in [0.15, 0.2) is 60.0 Å². The number of fused-ring (bicyclic) bond motifs is 1. The van der Waals surface area contributed by atoms with E-state index in [9.17, 15) is 9.59 Å². The Morgan fingerprint density at radius 2 is 1.84 bits per heavy atom. The van der Waals surface area contributed by atoms with E-state index >= 15 is 0 Å². The van der Waals surface area contributed by atoms with Crippen molar-refractivity contribution in [2.75, 3.05) is 6.54 Å². The molecule has 0 unspecified atom stereocenters. The van der Waals surface area contributed by atoms with Crippen molar-refractivity contribution in [2.24, 2.45) is 0 Å². The molecule has 9 heteroatoms. The lowest BCUT2D eigenvalue weighted by Crippen LogP contribution is -2.41. The molecule has 0 saturated heterocycles. The highest BCUT2D eigenvalue weighted by molar-refractivity contribution is 7.15. The van der Waals surface area contributed by atoms with Crippen LogP contribution < -0.4 is 10.6 Å². The second kappa shape index (κ2) is 9.28. The highest BCUT2D eigenvalue weighted by Crippen LogP contribution is 2.22.